The van der Waals surface area contributed by atoms with Crippen molar-refractivity contribution in [2.45, 2.75) is 37.5 Å². The molecule has 2 aliphatic rings. The van der Waals surface area contributed by atoms with E-state index in [4.69, 9.17) is 5.11 Å². The maximum Gasteiger partial charge on any atom is 0.329 e. The molecule has 0 radical (unpaired) electrons. The Hall–Kier alpha value is -1.14. The molecule has 0 bridgehead atoms. The largest absolute Gasteiger partial charge is 0.480 e. The number of carboxylic acid groups (broad SMARTS) is 1. The van der Waals surface area contributed by atoms with Crippen molar-refractivity contribution >= 4 is 11.9 Å². The van der Waals surface area contributed by atoms with E-state index in [1.54, 1.807) is 0 Å². The van der Waals surface area contributed by atoms with Crippen molar-refractivity contribution in [1.29, 1.82) is 0 Å². The van der Waals surface area contributed by atoms with E-state index in [9.17, 15) is 14.7 Å². The molecular formula is C10H16N2O4. The fraction of sp³-hybridized carbons (Fsp3) is 0.800. The molecule has 2 heterocycles. The van der Waals surface area contributed by atoms with Crippen LogP contribution in [0, 0.1) is 0 Å². The summed E-state index contributed by atoms with van der Waals surface area (Å²) in [5, 5.41) is 21.5. The lowest BCUT2D eigenvalue weighted by Crippen LogP contribution is -2.50. The first-order chi connectivity index (χ1) is 7.61. The first-order valence-electron chi connectivity index (χ1n) is 5.56. The monoisotopic (exact) mass is 228 g/mol. The van der Waals surface area contributed by atoms with E-state index in [1.165, 1.54) is 4.90 Å². The van der Waals surface area contributed by atoms with E-state index in [0.717, 1.165) is 19.4 Å². The van der Waals surface area contributed by atoms with Gasteiger partial charge in [-0.1, -0.05) is 0 Å². The second kappa shape index (κ2) is 4.39. The van der Waals surface area contributed by atoms with Gasteiger partial charge in [-0.25, -0.2) is 4.79 Å². The summed E-state index contributed by atoms with van der Waals surface area (Å²) in [5.74, 6) is -1.32. The summed E-state index contributed by atoms with van der Waals surface area (Å²) in [7, 11) is 0. The minimum Gasteiger partial charge on any atom is -0.480 e. The van der Waals surface area contributed by atoms with E-state index < -0.39 is 18.1 Å². The Bertz CT molecular complexity index is 301. The molecule has 90 valence electrons. The Morgan fingerprint density at radius 1 is 1.31 bits per heavy atom. The number of carbonyl (C=O) groups excluding carboxylic acids is 1. The number of likely N-dealkylation sites (tertiary alicyclic amines) is 1. The molecule has 2 aliphatic heterocycles. The molecule has 2 rings (SSSR count). The van der Waals surface area contributed by atoms with Gasteiger partial charge in [0.1, 0.15) is 0 Å². The Morgan fingerprint density at radius 2 is 2.06 bits per heavy atom. The highest BCUT2D eigenvalue weighted by molar-refractivity contribution is 5.88. The van der Waals surface area contributed by atoms with Gasteiger partial charge in [0.15, 0.2) is 6.04 Å². The van der Waals surface area contributed by atoms with Crippen LogP contribution in [-0.4, -0.2) is 58.3 Å². The Kier molecular flexibility index (Phi) is 3.11. The first-order valence-corrected chi connectivity index (χ1v) is 5.56. The number of amides is 1. The van der Waals surface area contributed by atoms with Gasteiger partial charge >= 0.3 is 5.97 Å². The fourth-order valence-corrected chi connectivity index (χ4v) is 2.42. The van der Waals surface area contributed by atoms with Crippen LogP contribution in [0.5, 0.6) is 0 Å². The highest BCUT2D eigenvalue weighted by Crippen LogP contribution is 2.21. The van der Waals surface area contributed by atoms with Gasteiger partial charge in [0.2, 0.25) is 5.91 Å². The van der Waals surface area contributed by atoms with Gasteiger partial charge in [-0.2, -0.15) is 0 Å². The van der Waals surface area contributed by atoms with Crippen LogP contribution in [0.4, 0.5) is 0 Å². The van der Waals surface area contributed by atoms with Crippen LogP contribution in [0.15, 0.2) is 0 Å². The molecule has 0 saturated carbocycles. The van der Waals surface area contributed by atoms with Crippen LogP contribution in [0.25, 0.3) is 0 Å². The van der Waals surface area contributed by atoms with Crippen molar-refractivity contribution in [2.24, 2.45) is 0 Å². The van der Waals surface area contributed by atoms with Crippen LogP contribution in [0.1, 0.15) is 19.3 Å². The molecular weight excluding hydrogens is 212 g/mol. The van der Waals surface area contributed by atoms with Crippen molar-refractivity contribution < 1.29 is 19.8 Å². The summed E-state index contributed by atoms with van der Waals surface area (Å²) >= 11 is 0. The van der Waals surface area contributed by atoms with Gasteiger partial charge in [0.05, 0.1) is 12.1 Å². The third kappa shape index (κ3) is 1.90. The predicted octanol–water partition coefficient (Wildman–Crippen LogP) is -1.22. The minimum absolute atomic E-state index is 0.193. The lowest BCUT2D eigenvalue weighted by Gasteiger charge is -2.25. The Morgan fingerprint density at radius 3 is 2.62 bits per heavy atom. The summed E-state index contributed by atoms with van der Waals surface area (Å²) in [4.78, 5) is 24.3. The van der Waals surface area contributed by atoms with Crippen LogP contribution >= 0.6 is 0 Å². The number of hydrogen-bond donors (Lipinski definition) is 3. The molecule has 0 aromatic rings. The lowest BCUT2D eigenvalue weighted by molar-refractivity contribution is -0.151. The highest BCUT2D eigenvalue weighted by atomic mass is 16.4. The van der Waals surface area contributed by atoms with Crippen molar-refractivity contribution in [3.8, 4) is 0 Å². The predicted molar refractivity (Wildman–Crippen MR) is 54.8 cm³/mol. The van der Waals surface area contributed by atoms with E-state index in [1.807, 2.05) is 0 Å². The van der Waals surface area contributed by atoms with Crippen LogP contribution in [0.2, 0.25) is 0 Å². The molecule has 2 fully saturated rings. The number of nitrogens with zero attached hydrogens (tertiary/aromatic N) is 1. The van der Waals surface area contributed by atoms with Crippen LogP contribution in [0.3, 0.4) is 0 Å². The average molecular weight is 228 g/mol. The first kappa shape index (κ1) is 11.3. The van der Waals surface area contributed by atoms with Gasteiger partial charge in [0, 0.05) is 6.54 Å². The summed E-state index contributed by atoms with van der Waals surface area (Å²) in [6, 6.07) is -1.35. The molecule has 0 aromatic heterocycles. The summed E-state index contributed by atoms with van der Waals surface area (Å²) in [6.07, 6.45) is 1.08. The van der Waals surface area contributed by atoms with E-state index in [2.05, 4.69) is 5.32 Å². The Labute approximate surface area is 93.2 Å². The normalized spacial score (nSPS) is 34.3. The molecule has 0 aliphatic carbocycles. The van der Waals surface area contributed by atoms with Crippen molar-refractivity contribution in [2.75, 3.05) is 13.1 Å². The quantitative estimate of drug-likeness (QED) is 0.551. The maximum absolute atomic E-state index is 12.0. The topological polar surface area (TPSA) is 89.9 Å². The third-order valence-electron chi connectivity index (χ3n) is 3.26. The number of rotatable bonds is 2. The molecule has 1 amide bonds. The maximum atomic E-state index is 12.0. The standard InChI is InChI=1S/C10H16N2O4/c13-7-3-5-12(8(7)10(15)16)9(14)6-2-1-4-11-6/h6-8,11,13H,1-5H2,(H,15,16). The summed E-state index contributed by atoms with van der Waals surface area (Å²) in [5.41, 5.74) is 0. The van der Waals surface area contributed by atoms with Crippen molar-refractivity contribution in [1.82, 2.24) is 10.2 Å². The zero-order valence-corrected chi connectivity index (χ0v) is 8.93. The van der Waals surface area contributed by atoms with Crippen molar-refractivity contribution in [3.05, 3.63) is 0 Å². The van der Waals surface area contributed by atoms with Crippen LogP contribution in [-0.2, 0) is 9.59 Å². The number of hydrogen-bond acceptors (Lipinski definition) is 4. The smallest absolute Gasteiger partial charge is 0.329 e. The van der Waals surface area contributed by atoms with Gasteiger partial charge in [-0.3, -0.25) is 4.79 Å². The molecule has 0 spiro atoms. The molecule has 3 atom stereocenters. The SMILES string of the molecule is O=C(O)C1C(O)CCN1C(=O)C1CCCN1. The van der Waals surface area contributed by atoms with E-state index in [0.29, 0.717) is 13.0 Å². The second-order valence-corrected chi connectivity index (χ2v) is 4.32. The Balaban J connectivity index is 2.07. The summed E-state index contributed by atoms with van der Waals surface area (Å²) in [6.45, 7) is 1.12. The number of carboxylic acids is 1. The van der Waals surface area contributed by atoms with Gasteiger partial charge in [0.25, 0.3) is 0 Å². The molecule has 3 N–H and O–H groups in total. The molecule has 2 saturated heterocycles. The van der Waals surface area contributed by atoms with Crippen molar-refractivity contribution in [3.63, 3.8) is 0 Å². The number of carbonyl (C=O) groups is 2. The third-order valence-corrected chi connectivity index (χ3v) is 3.26. The number of aliphatic hydroxyl groups is 1. The molecule has 16 heavy (non-hydrogen) atoms. The van der Waals surface area contributed by atoms with Gasteiger partial charge < -0.3 is 20.4 Å². The van der Waals surface area contributed by atoms with E-state index in [-0.39, 0.29) is 11.9 Å². The zero-order valence-electron chi connectivity index (χ0n) is 8.93. The number of aliphatic hydroxyl groups excluding tert-OH is 1. The zero-order chi connectivity index (χ0) is 11.7. The number of aliphatic carboxylic acids is 1. The minimum atomic E-state index is -1.13. The molecule has 0 aromatic carbocycles. The second-order valence-electron chi connectivity index (χ2n) is 4.32. The molecule has 6 heteroatoms. The summed E-state index contributed by atoms with van der Waals surface area (Å²) < 4.78 is 0. The highest BCUT2D eigenvalue weighted by Gasteiger charge is 2.43. The molecule has 6 nitrogen and oxygen atoms in total. The average Bonchev–Trinajstić information content (AvgIpc) is 2.84. The number of nitrogens with one attached hydrogen (secondary N) is 1. The van der Waals surface area contributed by atoms with Gasteiger partial charge in [-0.15, -0.1) is 0 Å². The lowest BCUT2D eigenvalue weighted by atomic mass is 10.1. The van der Waals surface area contributed by atoms with E-state index >= 15 is 0 Å². The van der Waals surface area contributed by atoms with Crippen LogP contribution < -0.4 is 5.32 Å². The van der Waals surface area contributed by atoms with Gasteiger partial charge in [-0.05, 0) is 25.8 Å². The fourth-order valence-electron chi connectivity index (χ4n) is 2.42. The molecule has 3 unspecified atom stereocenters.